The Morgan fingerprint density at radius 2 is 1.18 bits per heavy atom. The SMILES string of the molecule is COCCOC(=O)C(Cc1ccccc1)NC(=O)C(C)OC(=O)C(C)OC(=O)C(C)OC(=O)C(C)OC(C)=O. The molecule has 0 saturated carbocycles. The number of esters is 5. The van der Waals surface area contributed by atoms with Crippen molar-refractivity contribution >= 4 is 35.8 Å². The van der Waals surface area contributed by atoms with Gasteiger partial charge < -0.3 is 33.7 Å². The first-order valence-corrected chi connectivity index (χ1v) is 12.1. The van der Waals surface area contributed by atoms with Gasteiger partial charge in [-0.15, -0.1) is 0 Å². The molecule has 216 valence electrons. The van der Waals surface area contributed by atoms with E-state index < -0.39 is 66.2 Å². The van der Waals surface area contributed by atoms with Crippen molar-refractivity contribution in [2.45, 2.75) is 71.5 Å². The molecular weight excluding hydrogens is 518 g/mol. The third kappa shape index (κ3) is 12.4. The van der Waals surface area contributed by atoms with Crippen molar-refractivity contribution in [3.05, 3.63) is 35.9 Å². The zero-order valence-electron chi connectivity index (χ0n) is 22.8. The third-order valence-electron chi connectivity index (χ3n) is 5.00. The summed E-state index contributed by atoms with van der Waals surface area (Å²) in [5.41, 5.74) is 0.758. The first kappa shape index (κ1) is 33.0. The van der Waals surface area contributed by atoms with Crippen LogP contribution in [0, 0.1) is 0 Å². The van der Waals surface area contributed by atoms with Crippen LogP contribution in [0.25, 0.3) is 0 Å². The van der Waals surface area contributed by atoms with Crippen LogP contribution < -0.4 is 5.32 Å². The highest BCUT2D eigenvalue weighted by Gasteiger charge is 2.31. The number of carbonyl (C=O) groups excluding carboxylic acids is 6. The molecule has 0 aromatic heterocycles. The second-order valence-corrected chi connectivity index (χ2v) is 8.40. The molecule has 0 radical (unpaired) electrons. The van der Waals surface area contributed by atoms with E-state index in [0.717, 1.165) is 12.5 Å². The first-order valence-electron chi connectivity index (χ1n) is 12.1. The van der Waals surface area contributed by atoms with Crippen molar-refractivity contribution in [1.29, 1.82) is 0 Å². The van der Waals surface area contributed by atoms with Crippen LogP contribution in [0.1, 0.15) is 40.2 Å². The Hall–Kier alpha value is -4.00. The van der Waals surface area contributed by atoms with Crippen molar-refractivity contribution < 1.29 is 57.2 Å². The summed E-state index contributed by atoms with van der Waals surface area (Å²) in [5, 5.41) is 2.51. The molecule has 1 N–H and O–H groups in total. The number of carbonyl (C=O) groups is 6. The molecule has 1 rings (SSSR count). The molecular formula is C26H35NO12. The molecule has 1 amide bonds. The lowest BCUT2D eigenvalue weighted by Gasteiger charge is -2.22. The molecule has 0 aliphatic carbocycles. The molecule has 13 heteroatoms. The molecule has 0 saturated heterocycles. The Balaban J connectivity index is 2.69. The molecule has 39 heavy (non-hydrogen) atoms. The molecule has 5 atom stereocenters. The van der Waals surface area contributed by atoms with E-state index in [0.29, 0.717) is 0 Å². The highest BCUT2D eigenvalue weighted by molar-refractivity contribution is 5.89. The number of nitrogens with one attached hydrogen (secondary N) is 1. The van der Waals surface area contributed by atoms with Crippen molar-refractivity contribution in [3.8, 4) is 0 Å². The van der Waals surface area contributed by atoms with Crippen LogP contribution in [-0.4, -0.2) is 86.5 Å². The lowest BCUT2D eigenvalue weighted by Crippen LogP contribution is -2.48. The third-order valence-corrected chi connectivity index (χ3v) is 5.00. The highest BCUT2D eigenvalue weighted by atomic mass is 16.6. The van der Waals surface area contributed by atoms with Crippen molar-refractivity contribution in [1.82, 2.24) is 5.32 Å². The van der Waals surface area contributed by atoms with Crippen LogP contribution in [0.4, 0.5) is 0 Å². The maximum absolute atomic E-state index is 12.7. The van der Waals surface area contributed by atoms with E-state index in [4.69, 9.17) is 23.7 Å². The number of amides is 1. The molecule has 5 unspecified atom stereocenters. The maximum Gasteiger partial charge on any atom is 0.347 e. The van der Waals surface area contributed by atoms with Gasteiger partial charge in [0, 0.05) is 20.5 Å². The minimum atomic E-state index is -1.46. The van der Waals surface area contributed by atoms with Crippen LogP contribution >= 0.6 is 0 Å². The average Bonchev–Trinajstić information content (AvgIpc) is 2.88. The summed E-state index contributed by atoms with van der Waals surface area (Å²) < 4.78 is 29.6. The normalized spacial score (nSPS) is 14.4. The summed E-state index contributed by atoms with van der Waals surface area (Å²) in [5.74, 6) is -5.30. The van der Waals surface area contributed by atoms with Gasteiger partial charge in [-0.3, -0.25) is 9.59 Å². The highest BCUT2D eigenvalue weighted by Crippen LogP contribution is 2.08. The van der Waals surface area contributed by atoms with E-state index in [9.17, 15) is 28.8 Å². The smallest absolute Gasteiger partial charge is 0.347 e. The van der Waals surface area contributed by atoms with E-state index in [1.165, 1.54) is 34.8 Å². The molecule has 0 aliphatic heterocycles. The number of methoxy groups -OCH3 is 1. The Morgan fingerprint density at radius 3 is 1.67 bits per heavy atom. The zero-order valence-corrected chi connectivity index (χ0v) is 22.8. The largest absolute Gasteiger partial charge is 0.462 e. The molecule has 0 spiro atoms. The van der Waals surface area contributed by atoms with Crippen LogP contribution in [-0.2, 0) is 63.6 Å². The Labute approximate surface area is 226 Å². The summed E-state index contributed by atoms with van der Waals surface area (Å²) in [6.07, 6.45) is -5.36. The quantitative estimate of drug-likeness (QED) is 0.183. The number of ether oxygens (including phenoxy) is 6. The molecule has 0 aliphatic rings. The van der Waals surface area contributed by atoms with E-state index in [2.05, 4.69) is 10.1 Å². The van der Waals surface area contributed by atoms with Crippen molar-refractivity contribution in [3.63, 3.8) is 0 Å². The Bertz CT molecular complexity index is 996. The Morgan fingerprint density at radius 1 is 0.692 bits per heavy atom. The zero-order chi connectivity index (χ0) is 29.5. The number of hydrogen-bond donors (Lipinski definition) is 1. The van der Waals surface area contributed by atoms with Gasteiger partial charge in [0.2, 0.25) is 0 Å². The van der Waals surface area contributed by atoms with E-state index >= 15 is 0 Å². The van der Waals surface area contributed by atoms with Gasteiger partial charge in [0.15, 0.2) is 24.4 Å². The van der Waals surface area contributed by atoms with Gasteiger partial charge in [0.1, 0.15) is 12.6 Å². The molecule has 0 bridgehead atoms. The summed E-state index contributed by atoms with van der Waals surface area (Å²) in [6.45, 7) is 6.20. The van der Waals surface area contributed by atoms with Gasteiger partial charge >= 0.3 is 29.8 Å². The average molecular weight is 554 g/mol. The molecule has 0 fully saturated rings. The fraction of sp³-hybridized carbons (Fsp3) is 0.538. The lowest BCUT2D eigenvalue weighted by atomic mass is 10.1. The monoisotopic (exact) mass is 553 g/mol. The topological polar surface area (TPSA) is 170 Å². The van der Waals surface area contributed by atoms with Crippen LogP contribution in [0.15, 0.2) is 30.3 Å². The van der Waals surface area contributed by atoms with E-state index in [1.54, 1.807) is 30.3 Å². The summed E-state index contributed by atoms with van der Waals surface area (Å²) in [6, 6.07) is 7.84. The lowest BCUT2D eigenvalue weighted by molar-refractivity contribution is -0.183. The number of hydrogen-bond acceptors (Lipinski definition) is 12. The predicted octanol–water partition coefficient (Wildman–Crippen LogP) is 0.650. The fourth-order valence-electron chi connectivity index (χ4n) is 2.92. The van der Waals surface area contributed by atoms with E-state index in [1.807, 2.05) is 0 Å². The van der Waals surface area contributed by atoms with Crippen LogP contribution in [0.3, 0.4) is 0 Å². The van der Waals surface area contributed by atoms with Gasteiger partial charge in [-0.25, -0.2) is 19.2 Å². The molecule has 1 aromatic carbocycles. The standard InChI is InChI=1S/C26H35NO12/c1-15(22(29)27-21(26(33)35-13-12-34-6)14-20-10-8-7-9-11-20)37-24(31)17(3)39-25(32)18(4)38-23(30)16(2)36-19(5)28/h7-11,15-18,21H,12-14H2,1-6H3,(H,27,29). The molecule has 1 aromatic rings. The minimum Gasteiger partial charge on any atom is -0.462 e. The predicted molar refractivity (Wildman–Crippen MR) is 133 cm³/mol. The van der Waals surface area contributed by atoms with Gasteiger partial charge in [0.05, 0.1) is 6.61 Å². The van der Waals surface area contributed by atoms with Crippen LogP contribution in [0.2, 0.25) is 0 Å². The second-order valence-electron chi connectivity index (χ2n) is 8.40. The molecule has 0 heterocycles. The fourth-order valence-corrected chi connectivity index (χ4v) is 2.92. The van der Waals surface area contributed by atoms with Gasteiger partial charge in [0.25, 0.3) is 5.91 Å². The van der Waals surface area contributed by atoms with Gasteiger partial charge in [-0.05, 0) is 33.3 Å². The van der Waals surface area contributed by atoms with Crippen molar-refractivity contribution in [2.75, 3.05) is 20.3 Å². The number of benzene rings is 1. The van der Waals surface area contributed by atoms with Crippen molar-refractivity contribution in [2.24, 2.45) is 0 Å². The maximum atomic E-state index is 12.7. The first-order chi connectivity index (χ1) is 18.3. The van der Waals surface area contributed by atoms with E-state index in [-0.39, 0.29) is 19.6 Å². The second kappa shape index (κ2) is 16.8. The summed E-state index contributed by atoms with van der Waals surface area (Å²) >= 11 is 0. The Kier molecular flexibility index (Phi) is 14.2. The minimum absolute atomic E-state index is 0.0136. The van der Waals surface area contributed by atoms with Gasteiger partial charge in [-0.2, -0.15) is 0 Å². The van der Waals surface area contributed by atoms with Crippen LogP contribution in [0.5, 0.6) is 0 Å². The van der Waals surface area contributed by atoms with Gasteiger partial charge in [-0.1, -0.05) is 30.3 Å². The molecule has 13 nitrogen and oxygen atoms in total. The summed E-state index contributed by atoms with van der Waals surface area (Å²) in [4.78, 5) is 72.7. The number of rotatable bonds is 15. The summed E-state index contributed by atoms with van der Waals surface area (Å²) in [7, 11) is 1.45.